The van der Waals surface area contributed by atoms with E-state index in [9.17, 15) is 0 Å². The summed E-state index contributed by atoms with van der Waals surface area (Å²) in [4.78, 5) is 0. The zero-order chi connectivity index (χ0) is 11.7. The lowest BCUT2D eigenvalue weighted by Crippen LogP contribution is -2.33. The van der Waals surface area contributed by atoms with Crippen molar-refractivity contribution in [2.45, 2.75) is 31.4 Å². The molecule has 2 atom stereocenters. The maximum atomic E-state index is 6.00. The molecule has 0 bridgehead atoms. The second kappa shape index (κ2) is 4.30. The van der Waals surface area contributed by atoms with Gasteiger partial charge in [-0.2, -0.15) is 5.10 Å². The molecular formula is C13H15N3O. The molecule has 1 aliphatic carbocycles. The number of ether oxygens (including phenoxy) is 1. The Morgan fingerprint density at radius 1 is 1.24 bits per heavy atom. The molecule has 0 saturated heterocycles. The summed E-state index contributed by atoms with van der Waals surface area (Å²) in [5, 5.41) is 10.1. The molecule has 4 heteroatoms. The average Bonchev–Trinajstić information content (AvgIpc) is 2.76. The quantitative estimate of drug-likeness (QED) is 0.854. The summed E-state index contributed by atoms with van der Waals surface area (Å²) in [6.07, 6.45) is 4.99. The van der Waals surface area contributed by atoms with Crippen LogP contribution < -0.4 is 10.5 Å². The number of hydrogen-bond acceptors (Lipinski definition) is 4. The van der Waals surface area contributed by atoms with Crippen LogP contribution in [0.2, 0.25) is 0 Å². The Kier molecular flexibility index (Phi) is 2.65. The molecule has 2 aromatic rings. The van der Waals surface area contributed by atoms with Gasteiger partial charge in [-0.25, -0.2) is 0 Å². The van der Waals surface area contributed by atoms with Gasteiger partial charge < -0.3 is 10.5 Å². The first-order valence-corrected chi connectivity index (χ1v) is 5.97. The van der Waals surface area contributed by atoms with Gasteiger partial charge in [-0.15, -0.1) is 5.10 Å². The monoisotopic (exact) mass is 229 g/mol. The highest BCUT2D eigenvalue weighted by molar-refractivity contribution is 5.85. The van der Waals surface area contributed by atoms with Gasteiger partial charge in [0, 0.05) is 16.8 Å². The van der Waals surface area contributed by atoms with Crippen molar-refractivity contribution in [3.63, 3.8) is 0 Å². The molecule has 0 amide bonds. The number of nitrogens with two attached hydrogens (primary N) is 1. The molecule has 0 radical (unpaired) electrons. The zero-order valence-electron chi connectivity index (χ0n) is 9.54. The number of fused-ring (bicyclic) bond motifs is 1. The second-order valence-electron chi connectivity index (χ2n) is 4.49. The minimum Gasteiger partial charge on any atom is -0.471 e. The topological polar surface area (TPSA) is 61.0 Å². The Morgan fingerprint density at radius 2 is 2.12 bits per heavy atom. The third kappa shape index (κ3) is 1.96. The van der Waals surface area contributed by atoms with Crippen molar-refractivity contribution < 1.29 is 4.74 Å². The van der Waals surface area contributed by atoms with Gasteiger partial charge in [-0.1, -0.05) is 18.2 Å². The van der Waals surface area contributed by atoms with Crippen molar-refractivity contribution >= 4 is 10.8 Å². The van der Waals surface area contributed by atoms with Crippen LogP contribution in [-0.2, 0) is 0 Å². The zero-order valence-corrected chi connectivity index (χ0v) is 9.54. The molecule has 88 valence electrons. The van der Waals surface area contributed by atoms with E-state index in [4.69, 9.17) is 10.5 Å². The van der Waals surface area contributed by atoms with E-state index in [2.05, 4.69) is 10.2 Å². The molecule has 2 unspecified atom stereocenters. The number of hydrogen-bond donors (Lipinski definition) is 1. The van der Waals surface area contributed by atoms with E-state index in [0.717, 1.165) is 30.0 Å². The summed E-state index contributed by atoms with van der Waals surface area (Å²) in [6.45, 7) is 0. The highest BCUT2D eigenvalue weighted by Gasteiger charge is 2.26. The minimum atomic E-state index is 0.0788. The lowest BCUT2D eigenvalue weighted by Gasteiger charge is -2.17. The summed E-state index contributed by atoms with van der Waals surface area (Å²) in [5.41, 5.74) is 6.00. The second-order valence-corrected chi connectivity index (χ2v) is 4.49. The third-order valence-electron chi connectivity index (χ3n) is 3.30. The molecule has 2 N–H and O–H groups in total. The Hall–Kier alpha value is -1.68. The summed E-state index contributed by atoms with van der Waals surface area (Å²) in [7, 11) is 0. The van der Waals surface area contributed by atoms with Crippen molar-refractivity contribution in [3.8, 4) is 5.88 Å². The van der Waals surface area contributed by atoms with Crippen LogP contribution in [0.4, 0.5) is 0 Å². The molecule has 1 aromatic carbocycles. The van der Waals surface area contributed by atoms with Gasteiger partial charge in [-0.3, -0.25) is 0 Å². The summed E-state index contributed by atoms with van der Waals surface area (Å²) in [5.74, 6) is 0.602. The van der Waals surface area contributed by atoms with Gasteiger partial charge in [0.05, 0.1) is 6.20 Å². The average molecular weight is 229 g/mol. The molecular weight excluding hydrogens is 214 g/mol. The fourth-order valence-electron chi connectivity index (χ4n) is 2.33. The van der Waals surface area contributed by atoms with E-state index >= 15 is 0 Å². The normalized spacial score (nSPS) is 24.1. The highest BCUT2D eigenvalue weighted by Crippen LogP contribution is 2.27. The van der Waals surface area contributed by atoms with Gasteiger partial charge >= 0.3 is 0 Å². The molecule has 1 aromatic heterocycles. The van der Waals surface area contributed by atoms with Crippen LogP contribution in [0.25, 0.3) is 10.8 Å². The number of rotatable bonds is 2. The van der Waals surface area contributed by atoms with Gasteiger partial charge in [-0.05, 0) is 25.3 Å². The number of benzene rings is 1. The molecule has 1 aliphatic rings. The lowest BCUT2D eigenvalue weighted by atomic mass is 10.2. The van der Waals surface area contributed by atoms with Crippen LogP contribution in [-0.4, -0.2) is 22.3 Å². The molecule has 1 fully saturated rings. The van der Waals surface area contributed by atoms with Crippen LogP contribution in [0, 0.1) is 0 Å². The maximum Gasteiger partial charge on any atom is 0.241 e. The first kappa shape index (κ1) is 10.5. The van der Waals surface area contributed by atoms with E-state index in [0.29, 0.717) is 5.88 Å². The van der Waals surface area contributed by atoms with Crippen LogP contribution in [0.15, 0.2) is 30.5 Å². The van der Waals surface area contributed by atoms with E-state index < -0.39 is 0 Å². The lowest BCUT2D eigenvalue weighted by molar-refractivity contribution is 0.185. The summed E-state index contributed by atoms with van der Waals surface area (Å²) >= 11 is 0. The van der Waals surface area contributed by atoms with Gasteiger partial charge in [0.25, 0.3) is 0 Å². The molecule has 4 nitrogen and oxygen atoms in total. The van der Waals surface area contributed by atoms with Crippen LogP contribution in [0.1, 0.15) is 19.3 Å². The van der Waals surface area contributed by atoms with E-state index in [1.165, 1.54) is 0 Å². The van der Waals surface area contributed by atoms with Crippen LogP contribution in [0.5, 0.6) is 5.88 Å². The Morgan fingerprint density at radius 3 is 2.94 bits per heavy atom. The predicted molar refractivity (Wildman–Crippen MR) is 65.8 cm³/mol. The van der Waals surface area contributed by atoms with Gasteiger partial charge in [0.15, 0.2) is 0 Å². The Labute approximate surface area is 99.8 Å². The highest BCUT2D eigenvalue weighted by atomic mass is 16.5. The predicted octanol–water partition coefficient (Wildman–Crippen LogP) is 1.89. The fourth-order valence-corrected chi connectivity index (χ4v) is 2.33. The number of nitrogens with zero attached hydrogens (tertiary/aromatic N) is 2. The van der Waals surface area contributed by atoms with E-state index in [-0.39, 0.29) is 12.1 Å². The third-order valence-corrected chi connectivity index (χ3v) is 3.30. The van der Waals surface area contributed by atoms with Crippen molar-refractivity contribution in [1.29, 1.82) is 0 Å². The SMILES string of the molecule is NC1CCCC1Oc1nncc2ccccc12. The summed E-state index contributed by atoms with van der Waals surface area (Å²) < 4.78 is 5.90. The first-order chi connectivity index (χ1) is 8.34. The Balaban J connectivity index is 1.94. The van der Waals surface area contributed by atoms with Crippen molar-refractivity contribution in [1.82, 2.24) is 10.2 Å². The molecule has 1 saturated carbocycles. The van der Waals surface area contributed by atoms with Crippen LogP contribution in [0.3, 0.4) is 0 Å². The van der Waals surface area contributed by atoms with Gasteiger partial charge in [0.1, 0.15) is 6.10 Å². The largest absolute Gasteiger partial charge is 0.471 e. The number of aromatic nitrogens is 2. The maximum absolute atomic E-state index is 6.00. The summed E-state index contributed by atoms with van der Waals surface area (Å²) in [6, 6.07) is 8.09. The smallest absolute Gasteiger partial charge is 0.241 e. The van der Waals surface area contributed by atoms with E-state index in [1.807, 2.05) is 24.3 Å². The molecule has 0 aliphatic heterocycles. The van der Waals surface area contributed by atoms with Crippen molar-refractivity contribution in [2.75, 3.05) is 0 Å². The molecule has 3 rings (SSSR count). The Bertz CT molecular complexity index is 524. The first-order valence-electron chi connectivity index (χ1n) is 5.97. The van der Waals surface area contributed by atoms with Crippen molar-refractivity contribution in [2.24, 2.45) is 5.73 Å². The van der Waals surface area contributed by atoms with Crippen molar-refractivity contribution in [3.05, 3.63) is 30.5 Å². The fraction of sp³-hybridized carbons (Fsp3) is 0.385. The van der Waals surface area contributed by atoms with E-state index in [1.54, 1.807) is 6.20 Å². The molecule has 0 spiro atoms. The molecule has 1 heterocycles. The standard InChI is InChI=1S/C13H15N3O/c14-11-6-3-7-12(11)17-13-10-5-2-1-4-9(10)8-15-16-13/h1-2,4-5,8,11-12H,3,6-7,14H2. The molecule has 17 heavy (non-hydrogen) atoms. The van der Waals surface area contributed by atoms with Crippen LogP contribution >= 0.6 is 0 Å². The van der Waals surface area contributed by atoms with Gasteiger partial charge in [0.2, 0.25) is 5.88 Å². The minimum absolute atomic E-state index is 0.0788.